The summed E-state index contributed by atoms with van der Waals surface area (Å²) in [5.74, 6) is -4.64. The number of rotatable bonds is 5. The first kappa shape index (κ1) is 35.7. The predicted molar refractivity (Wildman–Crippen MR) is 159 cm³/mol. The van der Waals surface area contributed by atoms with Crippen molar-refractivity contribution in [1.29, 1.82) is 0 Å². The van der Waals surface area contributed by atoms with Crippen molar-refractivity contribution in [3.8, 4) is 0 Å². The summed E-state index contributed by atoms with van der Waals surface area (Å²) >= 11 is 0. The number of nitrogens with one attached hydrogen (secondary N) is 5. The minimum absolute atomic E-state index is 0.158. The van der Waals surface area contributed by atoms with Gasteiger partial charge in [-0.3, -0.25) is 34.5 Å². The minimum Gasteiger partial charge on any atom is -0.438 e. The third kappa shape index (κ3) is 7.05. The summed E-state index contributed by atoms with van der Waals surface area (Å²) in [5.41, 5.74) is 5.14. The molecule has 5 heterocycles. The number of hydrogen-bond acceptors (Lipinski definition) is 11. The lowest BCUT2D eigenvalue weighted by Gasteiger charge is -2.47. The van der Waals surface area contributed by atoms with E-state index in [0.29, 0.717) is 24.4 Å². The van der Waals surface area contributed by atoms with Crippen molar-refractivity contribution < 1.29 is 45.5 Å². The maximum atomic E-state index is 12.7. The van der Waals surface area contributed by atoms with Gasteiger partial charge in [0.1, 0.15) is 0 Å². The van der Waals surface area contributed by atoms with Crippen LogP contribution in [0.4, 0.5) is 26.3 Å². The Morgan fingerprint density at radius 3 is 2.17 bits per heavy atom. The molecule has 14 nitrogen and oxygen atoms in total. The third-order valence-electron chi connectivity index (χ3n) is 7.65. The van der Waals surface area contributed by atoms with Gasteiger partial charge < -0.3 is 26.4 Å². The van der Waals surface area contributed by atoms with Gasteiger partial charge in [0.05, 0.1) is 41.5 Å². The Bertz CT molecular complexity index is 1570. The van der Waals surface area contributed by atoms with E-state index in [9.17, 15) is 40.7 Å². The first-order valence-corrected chi connectivity index (χ1v) is 14.5. The van der Waals surface area contributed by atoms with Crippen LogP contribution >= 0.6 is 0 Å². The first-order valence-electron chi connectivity index (χ1n) is 14.5. The number of aliphatic imine (C=N–C) groups is 2. The van der Waals surface area contributed by atoms with Crippen molar-refractivity contribution in [3.05, 3.63) is 61.0 Å². The average molecular weight is 689 g/mol. The van der Waals surface area contributed by atoms with Gasteiger partial charge in [0.2, 0.25) is 11.9 Å². The molecule has 48 heavy (non-hydrogen) atoms. The Labute approximate surface area is 270 Å². The van der Waals surface area contributed by atoms with E-state index >= 15 is 0 Å². The molecule has 1 fully saturated rings. The number of nitrogens with two attached hydrogens (primary N) is 1. The molecule has 1 aromatic rings. The van der Waals surface area contributed by atoms with Gasteiger partial charge in [-0.05, 0) is 37.1 Å². The molecule has 1 spiro atoms. The van der Waals surface area contributed by atoms with Gasteiger partial charge in [-0.1, -0.05) is 27.0 Å². The summed E-state index contributed by atoms with van der Waals surface area (Å²) in [5, 5.41) is 12.7. The van der Waals surface area contributed by atoms with E-state index in [1.165, 1.54) is 28.7 Å². The van der Waals surface area contributed by atoms with Crippen LogP contribution in [0.25, 0.3) is 0 Å². The Morgan fingerprint density at radius 1 is 1.04 bits per heavy atom. The van der Waals surface area contributed by atoms with Crippen LogP contribution in [0.15, 0.2) is 65.3 Å². The molecule has 0 aromatic carbocycles. The largest absolute Gasteiger partial charge is 0.471 e. The van der Waals surface area contributed by atoms with Gasteiger partial charge in [0, 0.05) is 13.1 Å². The molecular weight excluding hydrogens is 654 g/mol. The van der Waals surface area contributed by atoms with Crippen LogP contribution in [0, 0.1) is 0 Å². The van der Waals surface area contributed by atoms with Crippen molar-refractivity contribution in [1.82, 2.24) is 36.1 Å². The van der Waals surface area contributed by atoms with E-state index < -0.39 is 48.1 Å². The highest BCUT2D eigenvalue weighted by atomic mass is 19.4. The summed E-state index contributed by atoms with van der Waals surface area (Å²) < 4.78 is 82.0. The van der Waals surface area contributed by atoms with Gasteiger partial charge in [-0.2, -0.15) is 26.3 Å². The molecular formula is C28H34F6N10O4. The lowest BCUT2D eigenvalue weighted by molar-refractivity contribution is -0.172. The quantitative estimate of drug-likeness (QED) is 0.152. The lowest BCUT2D eigenvalue weighted by Crippen LogP contribution is -2.71. The molecule has 2 amide bonds. The van der Waals surface area contributed by atoms with Crippen LogP contribution < -0.4 is 32.3 Å². The lowest BCUT2D eigenvalue weighted by atomic mass is 9.91. The van der Waals surface area contributed by atoms with Crippen LogP contribution in [0.1, 0.15) is 45.3 Å². The summed E-state index contributed by atoms with van der Waals surface area (Å²) in [7, 11) is 0. The van der Waals surface area contributed by atoms with Crippen molar-refractivity contribution in [3.63, 3.8) is 0 Å². The van der Waals surface area contributed by atoms with Gasteiger partial charge >= 0.3 is 30.1 Å². The molecule has 0 radical (unpaired) electrons. The smallest absolute Gasteiger partial charge is 0.438 e. The van der Waals surface area contributed by atoms with Gasteiger partial charge in [-0.15, -0.1) is 0 Å². The second-order valence-electron chi connectivity index (χ2n) is 11.0. The molecule has 5 rings (SSSR count). The molecule has 7 N–H and O–H groups in total. The number of esters is 1. The number of hydrogen-bond donors (Lipinski definition) is 6. The number of amides is 2. The summed E-state index contributed by atoms with van der Waals surface area (Å²) in [6.07, 6.45) is -5.32. The molecule has 1 aromatic heterocycles. The van der Waals surface area contributed by atoms with Crippen LogP contribution in [0.3, 0.4) is 0 Å². The Kier molecular flexibility index (Phi) is 9.77. The molecule has 0 aliphatic carbocycles. The second-order valence-corrected chi connectivity index (χ2v) is 11.0. The van der Waals surface area contributed by atoms with Gasteiger partial charge in [-0.25, -0.2) is 9.98 Å². The highest BCUT2D eigenvalue weighted by Gasteiger charge is 2.60. The van der Waals surface area contributed by atoms with Crippen LogP contribution in [-0.4, -0.2) is 81.5 Å². The first-order chi connectivity index (χ1) is 22.3. The molecule has 4 aliphatic heterocycles. The second kappa shape index (κ2) is 13.1. The van der Waals surface area contributed by atoms with E-state index in [4.69, 9.17) is 10.5 Å². The Morgan fingerprint density at radius 2 is 1.62 bits per heavy atom. The van der Waals surface area contributed by atoms with Crippen molar-refractivity contribution in [2.75, 3.05) is 0 Å². The fourth-order valence-electron chi connectivity index (χ4n) is 5.74. The zero-order valence-corrected chi connectivity index (χ0v) is 25.9. The maximum absolute atomic E-state index is 12.7. The number of alkyl halides is 6. The number of fused-ring (bicyclic) bond motifs is 1. The van der Waals surface area contributed by atoms with E-state index in [1.54, 1.807) is 28.8 Å². The average Bonchev–Trinajstić information content (AvgIpc) is 3.69. The molecule has 262 valence electrons. The molecule has 6 atom stereocenters. The highest BCUT2D eigenvalue weighted by Crippen LogP contribution is 2.39. The third-order valence-corrected chi connectivity index (χ3v) is 7.65. The topological polar surface area (TPSA) is 180 Å². The fourth-order valence-corrected chi connectivity index (χ4v) is 5.74. The number of aromatic nitrogens is 1. The number of nitrogens with zero attached hydrogens (tertiary/aromatic N) is 4. The number of halogens is 6. The summed E-state index contributed by atoms with van der Waals surface area (Å²) in [6.45, 7) is 12.2. The Hall–Kier alpha value is -5.17. The monoisotopic (exact) mass is 688 g/mol. The van der Waals surface area contributed by atoms with Crippen molar-refractivity contribution in [2.45, 2.75) is 82.0 Å². The normalized spacial score (nSPS) is 27.0. The zero-order valence-electron chi connectivity index (χ0n) is 25.9. The number of carbonyl (C=O) groups is 3. The van der Waals surface area contributed by atoms with E-state index in [-0.39, 0.29) is 35.9 Å². The van der Waals surface area contributed by atoms with Crippen LogP contribution in [0.5, 0.6) is 0 Å². The molecule has 0 saturated carbocycles. The van der Waals surface area contributed by atoms with Crippen LogP contribution in [0.2, 0.25) is 0 Å². The van der Waals surface area contributed by atoms with E-state index in [2.05, 4.69) is 39.1 Å². The van der Waals surface area contributed by atoms with E-state index in [1.807, 2.05) is 13.8 Å². The molecule has 1 saturated heterocycles. The molecule has 2 unspecified atom stereocenters. The maximum Gasteiger partial charge on any atom is 0.471 e. The number of carbonyl (C=O) groups excluding carboxylic acids is 3. The van der Waals surface area contributed by atoms with Gasteiger partial charge in [0.25, 0.3) is 0 Å². The SMILES string of the molecule is C=C(N)N[C@@H]1c2cccn2C(NC(=O)C(F)(F)F)=N[C@H]1CC.C=C1N[C@H]2[C@H](CC)N=C(NC(=O)C(F)(F)F)N3C(OC(C)=O)C=CC23N1. The summed E-state index contributed by atoms with van der Waals surface area (Å²) in [4.78, 5) is 43.8. The number of ether oxygens (including phenoxy) is 1. The standard InChI is InChI=1S/C15H18F3N5O3.C13H16F3N5O/c1-4-9-11-14(22-7(2)19-11)6-5-10(26-8(3)24)23(14)13(20-9)21-12(25)15(16,17)18;1-3-8-10(18-7(2)17)9-5-4-6-21(9)12(19-8)20-11(22)13(14,15)16/h5-6,9-11,19,22H,2,4H2,1,3H3,(H,20,21,25);4-6,8,10,18H,2-3,17H2,1H3,(H,19,20,22)/t9-,10?,11-,14?;8-,10-/m00/s1. The molecule has 0 bridgehead atoms. The number of guanidine groups is 1. The summed E-state index contributed by atoms with van der Waals surface area (Å²) in [6, 6.07) is 1.84. The minimum atomic E-state index is -5.08. The predicted octanol–water partition coefficient (Wildman–Crippen LogP) is 1.53. The molecule has 4 aliphatic rings. The fraction of sp³-hybridized carbons (Fsp3) is 0.464. The van der Waals surface area contributed by atoms with E-state index in [0.717, 1.165) is 0 Å². The molecule has 20 heteroatoms. The van der Waals surface area contributed by atoms with Crippen molar-refractivity contribution in [2.24, 2.45) is 15.7 Å². The Balaban J connectivity index is 0.000000220. The van der Waals surface area contributed by atoms with Crippen molar-refractivity contribution >= 4 is 29.7 Å². The highest BCUT2D eigenvalue weighted by molar-refractivity contribution is 6.01. The van der Waals surface area contributed by atoms with Crippen LogP contribution in [-0.2, 0) is 19.1 Å². The van der Waals surface area contributed by atoms with Gasteiger partial charge in [0.15, 0.2) is 11.9 Å². The zero-order chi connectivity index (χ0) is 35.8.